The molecule has 0 aromatic heterocycles. The van der Waals surface area contributed by atoms with Gasteiger partial charge in [0.25, 0.3) is 0 Å². The first-order valence-electron chi connectivity index (χ1n) is 7.26. The number of ether oxygens (including phenoxy) is 1. The quantitative estimate of drug-likeness (QED) is 0.925. The molecule has 1 aliphatic heterocycles. The second-order valence-corrected chi connectivity index (χ2v) is 5.08. The molecule has 0 bridgehead atoms. The summed E-state index contributed by atoms with van der Waals surface area (Å²) in [4.78, 5) is 1.77. The van der Waals surface area contributed by atoms with Crippen LogP contribution in [0.25, 0.3) is 0 Å². The van der Waals surface area contributed by atoms with Gasteiger partial charge in [0.1, 0.15) is 0 Å². The Bertz CT molecular complexity index is 455. The summed E-state index contributed by atoms with van der Waals surface area (Å²) in [6.07, 6.45) is -3.60. The number of alkyl halides is 3. The molecule has 1 aromatic carbocycles. The van der Waals surface area contributed by atoms with E-state index in [0.717, 1.165) is 13.0 Å². The number of anilines is 1. The maximum atomic E-state index is 13.3. The smallest absolute Gasteiger partial charge is 0.380 e. The van der Waals surface area contributed by atoms with Crippen LogP contribution >= 0.6 is 0 Å². The third kappa shape index (κ3) is 4.35. The van der Waals surface area contributed by atoms with Crippen molar-refractivity contribution in [3.63, 3.8) is 0 Å². The fourth-order valence-electron chi connectivity index (χ4n) is 2.45. The molecule has 3 nitrogen and oxygen atoms in total. The van der Waals surface area contributed by atoms with E-state index in [0.29, 0.717) is 38.4 Å². The predicted molar refractivity (Wildman–Crippen MR) is 76.5 cm³/mol. The van der Waals surface area contributed by atoms with Crippen LogP contribution in [0.2, 0.25) is 0 Å². The minimum absolute atomic E-state index is 0.258. The van der Waals surface area contributed by atoms with Crippen molar-refractivity contribution in [2.75, 3.05) is 37.7 Å². The molecule has 6 heteroatoms. The van der Waals surface area contributed by atoms with Gasteiger partial charge in [-0.25, -0.2) is 0 Å². The first-order chi connectivity index (χ1) is 10.0. The summed E-state index contributed by atoms with van der Waals surface area (Å²) >= 11 is 0. The Balaban J connectivity index is 2.30. The molecule has 1 aromatic rings. The monoisotopic (exact) mass is 302 g/mol. The molecule has 1 fully saturated rings. The Kier molecular flexibility index (Phi) is 5.47. The highest BCUT2D eigenvalue weighted by Gasteiger charge is 2.35. The zero-order valence-corrected chi connectivity index (χ0v) is 12.2. The second kappa shape index (κ2) is 7.13. The lowest BCUT2D eigenvalue weighted by Gasteiger charge is -2.26. The third-order valence-corrected chi connectivity index (χ3v) is 3.51. The molecule has 1 aliphatic rings. The molecule has 0 unspecified atom stereocenters. The Hall–Kier alpha value is -1.27. The number of nitrogens with zero attached hydrogens (tertiary/aromatic N) is 1. The van der Waals surface area contributed by atoms with Gasteiger partial charge in [0.2, 0.25) is 0 Å². The molecular formula is C15H21F3N2O. The van der Waals surface area contributed by atoms with Gasteiger partial charge in [-0.05, 0) is 30.7 Å². The average molecular weight is 302 g/mol. The largest absolute Gasteiger partial charge is 0.418 e. The standard InChI is InChI=1S/C15H21F3N2O/c1-2-19-11-12-4-5-14(13(10-12)15(16,17)18)20-6-3-8-21-9-7-20/h4-5,10,19H,2-3,6-9,11H2,1H3. The molecule has 21 heavy (non-hydrogen) atoms. The van der Waals surface area contributed by atoms with Gasteiger partial charge in [0.15, 0.2) is 0 Å². The summed E-state index contributed by atoms with van der Waals surface area (Å²) in [6, 6.07) is 4.60. The van der Waals surface area contributed by atoms with E-state index in [2.05, 4.69) is 5.32 Å². The van der Waals surface area contributed by atoms with Crippen molar-refractivity contribution in [3.05, 3.63) is 29.3 Å². The number of nitrogens with one attached hydrogen (secondary N) is 1. The van der Waals surface area contributed by atoms with Gasteiger partial charge >= 0.3 is 6.18 Å². The van der Waals surface area contributed by atoms with Gasteiger partial charge in [-0.2, -0.15) is 13.2 Å². The molecule has 0 radical (unpaired) electrons. The Morgan fingerprint density at radius 2 is 2.05 bits per heavy atom. The van der Waals surface area contributed by atoms with E-state index in [1.165, 1.54) is 6.07 Å². The van der Waals surface area contributed by atoms with E-state index in [-0.39, 0.29) is 5.69 Å². The van der Waals surface area contributed by atoms with Crippen LogP contribution < -0.4 is 10.2 Å². The Morgan fingerprint density at radius 3 is 2.76 bits per heavy atom. The number of benzene rings is 1. The summed E-state index contributed by atoms with van der Waals surface area (Å²) in [5, 5.41) is 3.05. The lowest BCUT2D eigenvalue weighted by Crippen LogP contribution is -2.28. The minimum atomic E-state index is -4.34. The van der Waals surface area contributed by atoms with Gasteiger partial charge < -0.3 is 15.0 Å². The molecule has 1 N–H and O–H groups in total. The summed E-state index contributed by atoms with van der Waals surface area (Å²) in [6.45, 7) is 5.27. The number of hydrogen-bond donors (Lipinski definition) is 1. The van der Waals surface area contributed by atoms with E-state index in [4.69, 9.17) is 4.74 Å². The van der Waals surface area contributed by atoms with Crippen molar-refractivity contribution in [1.29, 1.82) is 0 Å². The molecule has 2 rings (SSSR count). The number of hydrogen-bond acceptors (Lipinski definition) is 3. The van der Waals surface area contributed by atoms with Crippen LogP contribution in [0, 0.1) is 0 Å². The summed E-state index contributed by atoms with van der Waals surface area (Å²) in [5.41, 5.74) is 0.354. The fourth-order valence-corrected chi connectivity index (χ4v) is 2.45. The van der Waals surface area contributed by atoms with Crippen molar-refractivity contribution < 1.29 is 17.9 Å². The highest BCUT2D eigenvalue weighted by Crippen LogP contribution is 2.37. The lowest BCUT2D eigenvalue weighted by atomic mass is 10.1. The first-order valence-corrected chi connectivity index (χ1v) is 7.26. The molecule has 0 atom stereocenters. The van der Waals surface area contributed by atoms with E-state index < -0.39 is 11.7 Å². The van der Waals surface area contributed by atoms with Gasteiger partial charge in [0.05, 0.1) is 12.2 Å². The van der Waals surface area contributed by atoms with Crippen LogP contribution in [-0.2, 0) is 17.5 Å². The molecule has 1 heterocycles. The van der Waals surface area contributed by atoms with Gasteiger partial charge in [0, 0.05) is 31.9 Å². The Morgan fingerprint density at radius 1 is 1.24 bits per heavy atom. The van der Waals surface area contributed by atoms with Crippen LogP contribution in [0.3, 0.4) is 0 Å². The van der Waals surface area contributed by atoms with Gasteiger partial charge in [-0.15, -0.1) is 0 Å². The van der Waals surface area contributed by atoms with Crippen molar-refractivity contribution in [2.24, 2.45) is 0 Å². The molecular weight excluding hydrogens is 281 g/mol. The van der Waals surface area contributed by atoms with Crippen LogP contribution in [-0.4, -0.2) is 32.8 Å². The number of rotatable bonds is 4. The highest BCUT2D eigenvalue weighted by molar-refractivity contribution is 5.56. The van der Waals surface area contributed by atoms with Crippen molar-refractivity contribution in [1.82, 2.24) is 5.32 Å². The van der Waals surface area contributed by atoms with E-state index in [9.17, 15) is 13.2 Å². The van der Waals surface area contributed by atoms with Crippen molar-refractivity contribution in [3.8, 4) is 0 Å². The van der Waals surface area contributed by atoms with Crippen LogP contribution in [0.5, 0.6) is 0 Å². The predicted octanol–water partition coefficient (Wildman–Crippen LogP) is 3.04. The maximum Gasteiger partial charge on any atom is 0.418 e. The third-order valence-electron chi connectivity index (χ3n) is 3.51. The van der Waals surface area contributed by atoms with Crippen LogP contribution in [0.15, 0.2) is 18.2 Å². The summed E-state index contributed by atoms with van der Waals surface area (Å²) in [7, 11) is 0. The average Bonchev–Trinajstić information content (AvgIpc) is 2.73. The fraction of sp³-hybridized carbons (Fsp3) is 0.600. The SMILES string of the molecule is CCNCc1ccc(N2CCCOCC2)c(C(F)(F)F)c1. The van der Waals surface area contributed by atoms with E-state index in [1.807, 2.05) is 6.92 Å². The van der Waals surface area contributed by atoms with Crippen LogP contribution in [0.1, 0.15) is 24.5 Å². The molecule has 1 saturated heterocycles. The summed E-state index contributed by atoms with van der Waals surface area (Å²) in [5.74, 6) is 0. The molecule has 0 spiro atoms. The molecule has 0 amide bonds. The zero-order chi connectivity index (χ0) is 15.3. The topological polar surface area (TPSA) is 24.5 Å². The lowest BCUT2D eigenvalue weighted by molar-refractivity contribution is -0.137. The van der Waals surface area contributed by atoms with Gasteiger partial charge in [-0.1, -0.05) is 13.0 Å². The normalized spacial score (nSPS) is 16.9. The van der Waals surface area contributed by atoms with Crippen molar-refractivity contribution in [2.45, 2.75) is 26.1 Å². The number of halogens is 3. The van der Waals surface area contributed by atoms with Crippen LogP contribution in [0.4, 0.5) is 18.9 Å². The van der Waals surface area contributed by atoms with Gasteiger partial charge in [-0.3, -0.25) is 0 Å². The molecule has 0 aliphatic carbocycles. The first kappa shape index (κ1) is 16.1. The molecule has 118 valence electrons. The minimum Gasteiger partial charge on any atom is -0.380 e. The van der Waals surface area contributed by atoms with E-state index >= 15 is 0 Å². The molecule has 0 saturated carbocycles. The van der Waals surface area contributed by atoms with E-state index in [1.54, 1.807) is 17.0 Å². The highest BCUT2D eigenvalue weighted by atomic mass is 19.4. The summed E-state index contributed by atoms with van der Waals surface area (Å²) < 4.78 is 45.3. The van der Waals surface area contributed by atoms with Crippen molar-refractivity contribution >= 4 is 5.69 Å². The maximum absolute atomic E-state index is 13.3. The Labute approximate surface area is 123 Å². The second-order valence-electron chi connectivity index (χ2n) is 5.08. The zero-order valence-electron chi connectivity index (χ0n) is 12.2.